The van der Waals surface area contributed by atoms with Crippen LogP contribution in [0.25, 0.3) is 21.9 Å². The lowest BCUT2D eigenvalue weighted by molar-refractivity contribution is 0.100. The van der Waals surface area contributed by atoms with Crippen molar-refractivity contribution in [3.05, 3.63) is 64.4 Å². The summed E-state index contributed by atoms with van der Waals surface area (Å²) in [6, 6.07) is 13.1. The monoisotopic (exact) mass is 358 g/mol. The summed E-state index contributed by atoms with van der Waals surface area (Å²) in [6.45, 7) is 0. The summed E-state index contributed by atoms with van der Waals surface area (Å²) in [5.74, 6) is -1.08. The predicted molar refractivity (Wildman–Crippen MR) is 90.0 cm³/mol. The van der Waals surface area contributed by atoms with E-state index in [2.05, 4.69) is 15.9 Å². The zero-order valence-corrected chi connectivity index (χ0v) is 13.0. The van der Waals surface area contributed by atoms with Gasteiger partial charge in [0.2, 0.25) is 5.91 Å². The van der Waals surface area contributed by atoms with E-state index in [0.29, 0.717) is 16.8 Å². The van der Waals surface area contributed by atoms with Crippen LogP contribution < -0.4 is 11.5 Å². The number of carbonyl (C=O) groups is 1. The number of amides is 1. The predicted octanol–water partition coefficient (Wildman–Crippen LogP) is 4.09. The highest BCUT2D eigenvalue weighted by Gasteiger charge is 2.16. The first kappa shape index (κ1) is 14.5. The molecule has 0 saturated carbocycles. The molecule has 0 saturated heterocycles. The van der Waals surface area contributed by atoms with Crippen LogP contribution in [-0.4, -0.2) is 5.91 Å². The summed E-state index contributed by atoms with van der Waals surface area (Å²) < 4.78 is 14.6. The maximum atomic E-state index is 13.7. The Morgan fingerprint density at radius 2 is 1.82 bits per heavy atom. The molecule has 0 heterocycles. The first-order chi connectivity index (χ1) is 10.5. The average molecular weight is 359 g/mol. The van der Waals surface area contributed by atoms with Crippen LogP contribution in [0.4, 0.5) is 10.1 Å². The van der Waals surface area contributed by atoms with Gasteiger partial charge in [-0.05, 0) is 46.7 Å². The minimum Gasteiger partial charge on any atom is -0.398 e. The van der Waals surface area contributed by atoms with E-state index in [1.165, 1.54) is 18.2 Å². The number of hydrogen-bond donors (Lipinski definition) is 2. The third-order valence-corrected chi connectivity index (χ3v) is 4.25. The zero-order chi connectivity index (χ0) is 15.9. The van der Waals surface area contributed by atoms with Gasteiger partial charge in [-0.1, -0.05) is 34.1 Å². The number of halogens is 2. The lowest BCUT2D eigenvalue weighted by atomic mass is 9.93. The Hall–Kier alpha value is -2.40. The topological polar surface area (TPSA) is 69.1 Å². The minimum absolute atomic E-state index is 0.237. The summed E-state index contributed by atoms with van der Waals surface area (Å²) in [5.41, 5.74) is 13.2. The van der Waals surface area contributed by atoms with Crippen LogP contribution in [-0.2, 0) is 0 Å². The fourth-order valence-electron chi connectivity index (χ4n) is 2.58. The molecule has 0 spiro atoms. The van der Waals surface area contributed by atoms with E-state index in [1.54, 1.807) is 6.07 Å². The van der Waals surface area contributed by atoms with Crippen molar-refractivity contribution in [1.29, 1.82) is 0 Å². The van der Waals surface area contributed by atoms with Crippen LogP contribution in [0.3, 0.4) is 0 Å². The van der Waals surface area contributed by atoms with Crippen LogP contribution in [0.15, 0.2) is 53.0 Å². The van der Waals surface area contributed by atoms with E-state index >= 15 is 0 Å². The maximum absolute atomic E-state index is 13.7. The number of nitrogen functional groups attached to an aromatic ring is 1. The smallest absolute Gasteiger partial charge is 0.249 e. The highest BCUT2D eigenvalue weighted by molar-refractivity contribution is 9.10. The minimum atomic E-state index is -0.624. The number of hydrogen-bond acceptors (Lipinski definition) is 2. The van der Waals surface area contributed by atoms with Gasteiger partial charge in [-0.3, -0.25) is 4.79 Å². The maximum Gasteiger partial charge on any atom is 0.249 e. The van der Waals surface area contributed by atoms with Gasteiger partial charge in [0, 0.05) is 21.3 Å². The molecule has 0 bridgehead atoms. The largest absolute Gasteiger partial charge is 0.398 e. The Balaban J connectivity index is 2.45. The summed E-state index contributed by atoms with van der Waals surface area (Å²) >= 11 is 3.48. The Kier molecular flexibility index (Phi) is 3.58. The number of anilines is 1. The number of nitrogens with two attached hydrogens (primary N) is 2. The molecule has 0 aliphatic heterocycles. The van der Waals surface area contributed by atoms with Crippen molar-refractivity contribution in [2.45, 2.75) is 0 Å². The standard InChI is InChI=1S/C17H12BrFN2O/c18-14-3-1-2-11-10(14)6-7-15(20)16(11)13-8-9(19)4-5-12(13)17(21)22/h1-8H,20H2,(H2,21,22). The van der Waals surface area contributed by atoms with Crippen LogP contribution in [0.5, 0.6) is 0 Å². The molecule has 0 aliphatic rings. The summed E-state index contributed by atoms with van der Waals surface area (Å²) in [4.78, 5) is 11.7. The molecule has 4 N–H and O–H groups in total. The zero-order valence-electron chi connectivity index (χ0n) is 11.4. The normalized spacial score (nSPS) is 10.8. The highest BCUT2D eigenvalue weighted by Crippen LogP contribution is 2.38. The van der Waals surface area contributed by atoms with Crippen molar-refractivity contribution >= 4 is 38.3 Å². The van der Waals surface area contributed by atoms with Gasteiger partial charge < -0.3 is 11.5 Å². The van der Waals surface area contributed by atoms with Gasteiger partial charge in [0.25, 0.3) is 0 Å². The van der Waals surface area contributed by atoms with E-state index < -0.39 is 11.7 Å². The van der Waals surface area contributed by atoms with E-state index in [0.717, 1.165) is 15.2 Å². The second-order valence-electron chi connectivity index (χ2n) is 4.92. The van der Waals surface area contributed by atoms with Gasteiger partial charge in [0.05, 0.1) is 0 Å². The van der Waals surface area contributed by atoms with Gasteiger partial charge in [-0.2, -0.15) is 0 Å². The Morgan fingerprint density at radius 1 is 1.05 bits per heavy atom. The molecular weight excluding hydrogens is 347 g/mol. The second kappa shape index (κ2) is 5.42. The first-order valence-corrected chi connectivity index (χ1v) is 7.35. The van der Waals surface area contributed by atoms with Gasteiger partial charge in [-0.25, -0.2) is 4.39 Å². The number of carbonyl (C=O) groups excluding carboxylic acids is 1. The molecule has 1 amide bonds. The molecule has 3 aromatic carbocycles. The molecule has 3 nitrogen and oxygen atoms in total. The van der Waals surface area contributed by atoms with E-state index in [-0.39, 0.29) is 5.56 Å². The SMILES string of the molecule is NC(=O)c1ccc(F)cc1-c1c(N)ccc2c(Br)cccc12. The van der Waals surface area contributed by atoms with Crippen molar-refractivity contribution in [2.75, 3.05) is 5.73 Å². The van der Waals surface area contributed by atoms with Crippen molar-refractivity contribution < 1.29 is 9.18 Å². The lowest BCUT2D eigenvalue weighted by Crippen LogP contribution is -2.13. The number of benzene rings is 3. The molecule has 0 unspecified atom stereocenters. The molecule has 0 fully saturated rings. The molecular formula is C17H12BrFN2O. The highest BCUT2D eigenvalue weighted by atomic mass is 79.9. The van der Waals surface area contributed by atoms with E-state index in [1.807, 2.05) is 24.3 Å². The van der Waals surface area contributed by atoms with Crippen LogP contribution in [0.2, 0.25) is 0 Å². The van der Waals surface area contributed by atoms with Gasteiger partial charge in [-0.15, -0.1) is 0 Å². The molecule has 5 heteroatoms. The molecule has 0 aromatic heterocycles. The Morgan fingerprint density at radius 3 is 2.55 bits per heavy atom. The number of rotatable bonds is 2. The molecule has 0 aliphatic carbocycles. The lowest BCUT2D eigenvalue weighted by Gasteiger charge is -2.14. The van der Waals surface area contributed by atoms with Gasteiger partial charge >= 0.3 is 0 Å². The van der Waals surface area contributed by atoms with Gasteiger partial charge in [0.15, 0.2) is 0 Å². The fraction of sp³-hybridized carbons (Fsp3) is 0. The summed E-state index contributed by atoms with van der Waals surface area (Å²) in [5, 5.41) is 1.74. The van der Waals surface area contributed by atoms with Gasteiger partial charge in [0.1, 0.15) is 5.82 Å². The molecule has 0 radical (unpaired) electrons. The Labute approximate surface area is 134 Å². The molecule has 22 heavy (non-hydrogen) atoms. The van der Waals surface area contributed by atoms with Crippen molar-refractivity contribution in [1.82, 2.24) is 0 Å². The summed E-state index contributed by atoms with van der Waals surface area (Å²) in [6.07, 6.45) is 0. The number of fused-ring (bicyclic) bond motifs is 1. The molecule has 110 valence electrons. The summed E-state index contributed by atoms with van der Waals surface area (Å²) in [7, 11) is 0. The third-order valence-electron chi connectivity index (χ3n) is 3.56. The van der Waals surface area contributed by atoms with Crippen molar-refractivity contribution in [3.63, 3.8) is 0 Å². The molecule has 0 atom stereocenters. The number of primary amides is 1. The van der Waals surface area contributed by atoms with Crippen LogP contribution in [0, 0.1) is 5.82 Å². The molecule has 3 rings (SSSR count). The van der Waals surface area contributed by atoms with Crippen LogP contribution >= 0.6 is 15.9 Å². The van der Waals surface area contributed by atoms with E-state index in [9.17, 15) is 9.18 Å². The molecule has 3 aromatic rings. The quantitative estimate of drug-likeness (QED) is 0.677. The first-order valence-electron chi connectivity index (χ1n) is 6.55. The second-order valence-corrected chi connectivity index (χ2v) is 5.77. The third kappa shape index (κ3) is 2.33. The average Bonchev–Trinajstić information content (AvgIpc) is 2.47. The van der Waals surface area contributed by atoms with Crippen molar-refractivity contribution in [2.24, 2.45) is 5.73 Å². The van der Waals surface area contributed by atoms with Crippen LogP contribution in [0.1, 0.15) is 10.4 Å². The van der Waals surface area contributed by atoms with E-state index in [4.69, 9.17) is 11.5 Å². The van der Waals surface area contributed by atoms with Crippen molar-refractivity contribution in [3.8, 4) is 11.1 Å². The Bertz CT molecular complexity index is 909. The fourth-order valence-corrected chi connectivity index (χ4v) is 3.07.